The number of sulfonamides is 1. The first-order chi connectivity index (χ1) is 9.86. The van der Waals surface area contributed by atoms with Crippen molar-refractivity contribution in [2.75, 3.05) is 10.8 Å². The lowest BCUT2D eigenvalue weighted by atomic mass is 10.1. The molecule has 0 aliphatic rings. The van der Waals surface area contributed by atoms with Gasteiger partial charge < -0.3 is 4.42 Å². The highest BCUT2D eigenvalue weighted by Gasteiger charge is 2.27. The zero-order chi connectivity index (χ0) is 15.6. The van der Waals surface area contributed by atoms with Gasteiger partial charge in [0, 0.05) is 0 Å². The van der Waals surface area contributed by atoms with Gasteiger partial charge in [0.2, 0.25) is 5.09 Å². The molecule has 0 aliphatic heterocycles. The van der Waals surface area contributed by atoms with Gasteiger partial charge >= 0.3 is 0 Å². The van der Waals surface area contributed by atoms with Crippen LogP contribution in [0.1, 0.15) is 16.9 Å². The summed E-state index contributed by atoms with van der Waals surface area (Å²) >= 11 is 0. The molecule has 0 spiro atoms. The van der Waals surface area contributed by atoms with Crippen molar-refractivity contribution in [3.63, 3.8) is 0 Å². The number of hydrogen-bond acceptors (Lipinski definition) is 3. The normalized spacial score (nSPS) is 11.4. The minimum absolute atomic E-state index is 0.0555. The lowest BCUT2D eigenvalue weighted by Crippen LogP contribution is -2.31. The molecule has 1 heterocycles. The molecule has 0 N–H and O–H groups in total. The molecule has 0 radical (unpaired) electrons. The second-order valence-corrected chi connectivity index (χ2v) is 6.75. The van der Waals surface area contributed by atoms with E-state index in [4.69, 9.17) is 4.42 Å². The number of nitrogens with zero attached hydrogens (tertiary/aromatic N) is 1. The van der Waals surface area contributed by atoms with Gasteiger partial charge in [-0.2, -0.15) is 8.42 Å². The number of furan rings is 1. The van der Waals surface area contributed by atoms with Gasteiger partial charge in [-0.3, -0.25) is 4.31 Å². The Morgan fingerprint density at radius 1 is 1.14 bits per heavy atom. The summed E-state index contributed by atoms with van der Waals surface area (Å²) in [6, 6.07) is 8.66. The van der Waals surface area contributed by atoms with Crippen molar-refractivity contribution in [1.82, 2.24) is 0 Å². The molecule has 0 saturated heterocycles. The number of aryl methyl sites for hydroxylation is 3. The van der Waals surface area contributed by atoms with Crippen LogP contribution in [-0.4, -0.2) is 15.0 Å². The third kappa shape index (κ3) is 3.03. The van der Waals surface area contributed by atoms with Crippen molar-refractivity contribution in [3.05, 3.63) is 59.9 Å². The molecule has 0 aliphatic carbocycles. The average Bonchev–Trinajstić information content (AvgIpc) is 2.86. The van der Waals surface area contributed by atoms with Crippen molar-refractivity contribution < 1.29 is 12.8 Å². The van der Waals surface area contributed by atoms with Crippen LogP contribution < -0.4 is 4.31 Å². The second-order valence-electron chi connectivity index (χ2n) is 4.96. The SMILES string of the molecule is C=CCN(c1ccc(C)c(C)c1)S(=O)(=O)c1ccc(C)o1. The predicted molar refractivity (Wildman–Crippen MR) is 84.1 cm³/mol. The Hall–Kier alpha value is -2.01. The van der Waals surface area contributed by atoms with Crippen molar-refractivity contribution >= 4 is 15.7 Å². The Bertz CT molecular complexity index is 760. The highest BCUT2D eigenvalue weighted by Crippen LogP contribution is 2.26. The van der Waals surface area contributed by atoms with Gasteiger partial charge in [-0.1, -0.05) is 12.1 Å². The standard InChI is InChI=1S/C16H19NO3S/c1-5-10-17(15-8-6-12(2)13(3)11-15)21(18,19)16-9-7-14(4)20-16/h5-9,11H,1,10H2,2-4H3. The Morgan fingerprint density at radius 2 is 1.86 bits per heavy atom. The number of hydrogen-bond donors (Lipinski definition) is 0. The maximum absolute atomic E-state index is 12.7. The first-order valence-electron chi connectivity index (χ1n) is 6.63. The molecule has 5 heteroatoms. The van der Waals surface area contributed by atoms with E-state index >= 15 is 0 Å². The Morgan fingerprint density at radius 3 is 2.38 bits per heavy atom. The number of anilines is 1. The fourth-order valence-corrected chi connectivity index (χ4v) is 3.39. The van der Waals surface area contributed by atoms with Gasteiger partial charge in [-0.05, 0) is 56.2 Å². The third-order valence-electron chi connectivity index (χ3n) is 3.33. The molecule has 4 nitrogen and oxygen atoms in total. The second kappa shape index (κ2) is 5.77. The molecule has 1 aromatic heterocycles. The molecule has 21 heavy (non-hydrogen) atoms. The summed E-state index contributed by atoms with van der Waals surface area (Å²) < 4.78 is 32.0. The van der Waals surface area contributed by atoms with Crippen molar-refractivity contribution in [2.24, 2.45) is 0 Å². The fraction of sp³-hybridized carbons (Fsp3) is 0.250. The highest BCUT2D eigenvalue weighted by molar-refractivity contribution is 7.92. The van der Waals surface area contributed by atoms with E-state index in [1.165, 1.54) is 10.4 Å². The van der Waals surface area contributed by atoms with Gasteiger partial charge in [0.1, 0.15) is 5.76 Å². The molecule has 2 rings (SSSR count). The van der Waals surface area contributed by atoms with E-state index in [1.807, 2.05) is 26.0 Å². The van der Waals surface area contributed by atoms with Gasteiger partial charge in [-0.25, -0.2) is 0 Å². The summed E-state index contributed by atoms with van der Waals surface area (Å²) in [5.41, 5.74) is 2.75. The topological polar surface area (TPSA) is 50.5 Å². The molecule has 0 fully saturated rings. The molecule has 0 unspecified atom stereocenters. The first kappa shape index (κ1) is 15.4. The van der Waals surface area contributed by atoms with E-state index in [-0.39, 0.29) is 11.6 Å². The van der Waals surface area contributed by atoms with Crippen LogP contribution in [-0.2, 0) is 10.0 Å². The quantitative estimate of drug-likeness (QED) is 0.793. The van der Waals surface area contributed by atoms with E-state index in [2.05, 4.69) is 6.58 Å². The molecule has 1 aromatic carbocycles. The highest BCUT2D eigenvalue weighted by atomic mass is 32.2. The monoisotopic (exact) mass is 305 g/mol. The van der Waals surface area contributed by atoms with E-state index in [1.54, 1.807) is 25.1 Å². The molecule has 0 saturated carbocycles. The summed E-state index contributed by atoms with van der Waals surface area (Å²) in [4.78, 5) is 0. The average molecular weight is 305 g/mol. The van der Waals surface area contributed by atoms with E-state index in [0.29, 0.717) is 11.4 Å². The summed E-state index contributed by atoms with van der Waals surface area (Å²) in [6.45, 7) is 9.48. The van der Waals surface area contributed by atoms with Crippen molar-refractivity contribution in [3.8, 4) is 0 Å². The van der Waals surface area contributed by atoms with Gasteiger partial charge in [-0.15, -0.1) is 6.58 Å². The maximum Gasteiger partial charge on any atom is 0.298 e. The minimum Gasteiger partial charge on any atom is -0.448 e. The molecule has 0 amide bonds. The largest absolute Gasteiger partial charge is 0.448 e. The van der Waals surface area contributed by atoms with Crippen molar-refractivity contribution in [1.29, 1.82) is 0 Å². The van der Waals surface area contributed by atoms with E-state index in [0.717, 1.165) is 11.1 Å². The maximum atomic E-state index is 12.7. The third-order valence-corrected chi connectivity index (χ3v) is 5.00. The van der Waals surface area contributed by atoms with Gasteiger partial charge in [0.05, 0.1) is 12.2 Å². The van der Waals surface area contributed by atoms with Crippen LogP contribution in [0.15, 0.2) is 52.5 Å². The molecular weight excluding hydrogens is 286 g/mol. The Balaban J connectivity index is 2.52. The number of rotatable bonds is 5. The van der Waals surface area contributed by atoms with E-state index in [9.17, 15) is 8.42 Å². The predicted octanol–water partition coefficient (Wildman–Crippen LogP) is 3.59. The molecule has 2 aromatic rings. The van der Waals surface area contributed by atoms with Crippen molar-refractivity contribution in [2.45, 2.75) is 25.9 Å². The molecule has 112 valence electrons. The lowest BCUT2D eigenvalue weighted by Gasteiger charge is -2.22. The van der Waals surface area contributed by atoms with Crippen LogP contribution in [0.3, 0.4) is 0 Å². The fourth-order valence-electron chi connectivity index (χ4n) is 2.00. The Kier molecular flexibility index (Phi) is 4.23. The molecule has 0 bridgehead atoms. The van der Waals surface area contributed by atoms with Crippen LogP contribution >= 0.6 is 0 Å². The van der Waals surface area contributed by atoms with Crippen LogP contribution in [0.4, 0.5) is 5.69 Å². The van der Waals surface area contributed by atoms with Gasteiger partial charge in [0.25, 0.3) is 10.0 Å². The first-order valence-corrected chi connectivity index (χ1v) is 8.07. The summed E-state index contributed by atoms with van der Waals surface area (Å²) in [5.74, 6) is 0.562. The minimum atomic E-state index is -3.73. The number of benzene rings is 1. The summed E-state index contributed by atoms with van der Waals surface area (Å²) in [5, 5.41) is -0.0555. The molecular formula is C16H19NO3S. The van der Waals surface area contributed by atoms with Crippen LogP contribution in [0.2, 0.25) is 0 Å². The van der Waals surface area contributed by atoms with Crippen LogP contribution in [0.25, 0.3) is 0 Å². The van der Waals surface area contributed by atoms with E-state index < -0.39 is 10.0 Å². The van der Waals surface area contributed by atoms with Gasteiger partial charge in [0.15, 0.2) is 0 Å². The summed E-state index contributed by atoms with van der Waals surface area (Å²) in [7, 11) is -3.73. The lowest BCUT2D eigenvalue weighted by molar-refractivity contribution is 0.428. The molecule has 0 atom stereocenters. The Labute approximate surface area is 125 Å². The smallest absolute Gasteiger partial charge is 0.298 e. The zero-order valence-corrected chi connectivity index (χ0v) is 13.3. The van der Waals surface area contributed by atoms with Crippen LogP contribution in [0, 0.1) is 20.8 Å². The zero-order valence-electron chi connectivity index (χ0n) is 12.5. The van der Waals surface area contributed by atoms with Crippen LogP contribution in [0.5, 0.6) is 0 Å². The summed E-state index contributed by atoms with van der Waals surface area (Å²) in [6.07, 6.45) is 1.56.